The van der Waals surface area contributed by atoms with Crippen LogP contribution in [0.3, 0.4) is 0 Å². The second kappa shape index (κ2) is 10.7. The molecular formula is C28H29NO4. The van der Waals surface area contributed by atoms with Gasteiger partial charge in [0.2, 0.25) is 11.7 Å². The Morgan fingerprint density at radius 2 is 1.52 bits per heavy atom. The Balaban J connectivity index is 1.68. The average Bonchev–Trinajstić information content (AvgIpc) is 2.80. The lowest BCUT2D eigenvalue weighted by Gasteiger charge is -2.18. The van der Waals surface area contributed by atoms with Crippen LogP contribution in [0, 0.1) is 27.7 Å². The summed E-state index contributed by atoms with van der Waals surface area (Å²) in [5.74, 6) is -1.18. The van der Waals surface area contributed by atoms with Gasteiger partial charge in [0.05, 0.1) is 6.42 Å². The third-order valence-corrected chi connectivity index (χ3v) is 5.59. The second-order valence-corrected chi connectivity index (χ2v) is 8.31. The number of anilines is 1. The van der Waals surface area contributed by atoms with Gasteiger partial charge in [-0.2, -0.15) is 0 Å². The number of hydrogen-bond acceptors (Lipinski definition) is 4. The van der Waals surface area contributed by atoms with Crippen LogP contribution in [0.25, 0.3) is 0 Å². The second-order valence-electron chi connectivity index (χ2n) is 8.31. The first-order valence-electron chi connectivity index (χ1n) is 11.0. The van der Waals surface area contributed by atoms with Gasteiger partial charge in [-0.15, -0.1) is 0 Å². The van der Waals surface area contributed by atoms with E-state index >= 15 is 0 Å². The highest BCUT2D eigenvalue weighted by Gasteiger charge is 2.26. The minimum absolute atomic E-state index is 0.0362. The fourth-order valence-electron chi connectivity index (χ4n) is 3.52. The van der Waals surface area contributed by atoms with Gasteiger partial charge in [0, 0.05) is 23.2 Å². The summed E-state index contributed by atoms with van der Waals surface area (Å²) in [6.07, 6.45) is -1.23. The zero-order valence-corrected chi connectivity index (χ0v) is 19.5. The normalized spacial score (nSPS) is 11.5. The summed E-state index contributed by atoms with van der Waals surface area (Å²) >= 11 is 0. The van der Waals surface area contributed by atoms with Crippen molar-refractivity contribution >= 4 is 23.3 Å². The van der Waals surface area contributed by atoms with E-state index in [1.165, 1.54) is 0 Å². The lowest BCUT2D eigenvalue weighted by atomic mass is 9.97. The molecule has 1 atom stereocenters. The average molecular weight is 444 g/mol. The summed E-state index contributed by atoms with van der Waals surface area (Å²) in [6, 6.07) is 20.1. The van der Waals surface area contributed by atoms with Gasteiger partial charge in [-0.25, -0.2) is 0 Å². The van der Waals surface area contributed by atoms with Crippen molar-refractivity contribution in [2.24, 2.45) is 0 Å². The summed E-state index contributed by atoms with van der Waals surface area (Å²) < 4.78 is 5.59. The standard InChI is InChI=1S/C28H29NO4/c1-18-10-13-24(21(4)16-18)29-25(30)14-15-26(31)33-28(22-8-6-5-7-9-22)27(32)23-12-11-19(2)20(3)17-23/h5-13,16-17,28H,14-15H2,1-4H3,(H,29,30)/t28-/m1/s1. The largest absolute Gasteiger partial charge is 0.449 e. The maximum atomic E-state index is 13.2. The molecule has 0 unspecified atom stereocenters. The van der Waals surface area contributed by atoms with Crippen molar-refractivity contribution in [1.82, 2.24) is 0 Å². The number of carbonyl (C=O) groups is 3. The topological polar surface area (TPSA) is 72.5 Å². The van der Waals surface area contributed by atoms with Gasteiger partial charge in [0.15, 0.2) is 6.10 Å². The SMILES string of the molecule is Cc1ccc(NC(=O)CCC(=O)O[C@@H](C(=O)c2ccc(C)c(C)c2)c2ccccc2)c(C)c1. The van der Waals surface area contributed by atoms with Gasteiger partial charge in [0.25, 0.3) is 0 Å². The van der Waals surface area contributed by atoms with Gasteiger partial charge >= 0.3 is 5.97 Å². The lowest BCUT2D eigenvalue weighted by Crippen LogP contribution is -2.21. The van der Waals surface area contributed by atoms with Crippen molar-refractivity contribution < 1.29 is 19.1 Å². The summed E-state index contributed by atoms with van der Waals surface area (Å²) in [7, 11) is 0. The van der Waals surface area contributed by atoms with E-state index in [1.54, 1.807) is 36.4 Å². The van der Waals surface area contributed by atoms with Crippen LogP contribution >= 0.6 is 0 Å². The third-order valence-electron chi connectivity index (χ3n) is 5.59. The van der Waals surface area contributed by atoms with E-state index < -0.39 is 12.1 Å². The van der Waals surface area contributed by atoms with Crippen LogP contribution < -0.4 is 5.32 Å². The molecule has 0 saturated heterocycles. The fourth-order valence-corrected chi connectivity index (χ4v) is 3.52. The van der Waals surface area contributed by atoms with E-state index in [9.17, 15) is 14.4 Å². The lowest BCUT2D eigenvalue weighted by molar-refractivity contribution is -0.148. The van der Waals surface area contributed by atoms with Crippen molar-refractivity contribution in [3.63, 3.8) is 0 Å². The molecule has 33 heavy (non-hydrogen) atoms. The Morgan fingerprint density at radius 1 is 0.788 bits per heavy atom. The molecule has 0 spiro atoms. The molecule has 0 aromatic heterocycles. The van der Waals surface area contributed by atoms with Gasteiger partial charge < -0.3 is 10.1 Å². The molecule has 5 nitrogen and oxygen atoms in total. The molecule has 170 valence electrons. The number of ketones is 1. The van der Waals surface area contributed by atoms with E-state index in [1.807, 2.05) is 58.0 Å². The number of amides is 1. The molecule has 0 radical (unpaired) electrons. The predicted molar refractivity (Wildman–Crippen MR) is 129 cm³/mol. The highest BCUT2D eigenvalue weighted by Crippen LogP contribution is 2.25. The van der Waals surface area contributed by atoms with Gasteiger partial charge in [-0.3, -0.25) is 14.4 Å². The molecule has 0 bridgehead atoms. The highest BCUT2D eigenvalue weighted by atomic mass is 16.5. The van der Waals surface area contributed by atoms with Crippen molar-refractivity contribution in [3.05, 3.63) is 100 Å². The number of hydrogen-bond donors (Lipinski definition) is 1. The number of nitrogens with one attached hydrogen (secondary N) is 1. The molecule has 3 aromatic carbocycles. The zero-order valence-electron chi connectivity index (χ0n) is 19.5. The molecule has 0 heterocycles. The number of esters is 1. The van der Waals surface area contributed by atoms with Crippen molar-refractivity contribution in [2.45, 2.75) is 46.6 Å². The summed E-state index contributed by atoms with van der Waals surface area (Å²) in [5.41, 5.74) is 5.91. The molecule has 3 rings (SSSR count). The number of rotatable bonds is 8. The minimum atomic E-state index is -1.07. The van der Waals surface area contributed by atoms with Gasteiger partial charge in [-0.1, -0.05) is 60.2 Å². The first-order valence-corrected chi connectivity index (χ1v) is 11.0. The zero-order chi connectivity index (χ0) is 24.0. The van der Waals surface area contributed by atoms with Crippen LogP contribution in [0.5, 0.6) is 0 Å². The van der Waals surface area contributed by atoms with Crippen LogP contribution in [0.2, 0.25) is 0 Å². The fraction of sp³-hybridized carbons (Fsp3) is 0.250. The molecule has 0 aliphatic heterocycles. The molecule has 0 aliphatic carbocycles. The van der Waals surface area contributed by atoms with Crippen molar-refractivity contribution in [3.8, 4) is 0 Å². The van der Waals surface area contributed by atoms with Crippen LogP contribution in [0.15, 0.2) is 66.7 Å². The number of benzene rings is 3. The number of Topliss-reactive ketones (excluding diaryl/α,β-unsaturated/α-hetero) is 1. The monoisotopic (exact) mass is 443 g/mol. The predicted octanol–water partition coefficient (Wildman–Crippen LogP) is 5.81. The summed E-state index contributed by atoms with van der Waals surface area (Å²) in [5, 5.41) is 2.82. The van der Waals surface area contributed by atoms with E-state index in [0.717, 1.165) is 22.3 Å². The Labute approximate surface area is 194 Å². The van der Waals surface area contributed by atoms with E-state index in [4.69, 9.17) is 4.74 Å². The molecule has 1 N–H and O–H groups in total. The molecule has 0 aliphatic rings. The van der Waals surface area contributed by atoms with Crippen LogP contribution in [-0.4, -0.2) is 17.7 Å². The smallest absolute Gasteiger partial charge is 0.307 e. The number of aryl methyl sites for hydroxylation is 4. The molecular weight excluding hydrogens is 414 g/mol. The van der Waals surface area contributed by atoms with E-state index in [0.29, 0.717) is 16.8 Å². The highest BCUT2D eigenvalue weighted by molar-refractivity contribution is 6.01. The Kier molecular flexibility index (Phi) is 7.78. The van der Waals surface area contributed by atoms with Crippen molar-refractivity contribution in [1.29, 1.82) is 0 Å². The summed E-state index contributed by atoms with van der Waals surface area (Å²) in [6.45, 7) is 7.81. The van der Waals surface area contributed by atoms with Gasteiger partial charge in [0.1, 0.15) is 0 Å². The number of carbonyl (C=O) groups excluding carboxylic acids is 3. The number of ether oxygens (including phenoxy) is 1. The van der Waals surface area contributed by atoms with Crippen LogP contribution in [0.1, 0.15) is 57.1 Å². The maximum Gasteiger partial charge on any atom is 0.307 e. The van der Waals surface area contributed by atoms with E-state index in [2.05, 4.69) is 5.32 Å². The van der Waals surface area contributed by atoms with E-state index in [-0.39, 0.29) is 24.5 Å². The minimum Gasteiger partial charge on any atom is -0.449 e. The Morgan fingerprint density at radius 3 is 2.18 bits per heavy atom. The Bertz CT molecular complexity index is 1170. The first-order chi connectivity index (χ1) is 15.7. The van der Waals surface area contributed by atoms with Crippen molar-refractivity contribution in [2.75, 3.05) is 5.32 Å². The maximum absolute atomic E-state index is 13.2. The first kappa shape index (κ1) is 23.9. The molecule has 0 saturated carbocycles. The van der Waals surface area contributed by atoms with Gasteiger partial charge in [-0.05, 0) is 56.5 Å². The summed E-state index contributed by atoms with van der Waals surface area (Å²) in [4.78, 5) is 38.2. The third kappa shape index (κ3) is 6.39. The molecule has 3 aromatic rings. The van der Waals surface area contributed by atoms with Crippen LogP contribution in [0.4, 0.5) is 5.69 Å². The molecule has 0 fully saturated rings. The molecule has 5 heteroatoms. The molecule has 1 amide bonds. The quantitative estimate of drug-likeness (QED) is 0.352. The Hall–Kier alpha value is -3.73. The van der Waals surface area contributed by atoms with Crippen LogP contribution in [-0.2, 0) is 14.3 Å².